The van der Waals surface area contributed by atoms with Gasteiger partial charge in [-0.05, 0) is 30.2 Å². The molecule has 3 aromatic rings. The molecule has 6 heteroatoms. The van der Waals surface area contributed by atoms with E-state index in [0.717, 1.165) is 6.42 Å². The van der Waals surface area contributed by atoms with Gasteiger partial charge in [-0.15, -0.1) is 0 Å². The highest BCUT2D eigenvalue weighted by Gasteiger charge is 2.17. The Bertz CT molecular complexity index is 913. The summed E-state index contributed by atoms with van der Waals surface area (Å²) in [6.45, 7) is 1.94. The zero-order chi connectivity index (χ0) is 17.8. The maximum Gasteiger partial charge on any atom is 0.269 e. The van der Waals surface area contributed by atoms with Crippen LogP contribution in [0.2, 0.25) is 0 Å². The lowest BCUT2D eigenvalue weighted by molar-refractivity contribution is 0.0843. The zero-order valence-electron chi connectivity index (χ0n) is 13.9. The number of amides is 1. The van der Waals surface area contributed by atoms with Crippen molar-refractivity contribution in [3.63, 3.8) is 0 Å². The fourth-order valence-corrected chi connectivity index (χ4v) is 2.68. The molecule has 1 amide bonds. The molecule has 0 saturated carbocycles. The van der Waals surface area contributed by atoms with Crippen LogP contribution in [0, 0.1) is 0 Å². The van der Waals surface area contributed by atoms with Gasteiger partial charge in [0.05, 0.1) is 11.1 Å². The molecule has 0 bridgehead atoms. The van der Waals surface area contributed by atoms with E-state index in [1.54, 1.807) is 24.3 Å². The van der Waals surface area contributed by atoms with Crippen molar-refractivity contribution in [2.75, 3.05) is 6.61 Å². The molecule has 0 aliphatic carbocycles. The topological polar surface area (TPSA) is 86.3 Å². The van der Waals surface area contributed by atoms with Gasteiger partial charge in [0.25, 0.3) is 11.8 Å². The van der Waals surface area contributed by atoms with Crippen LogP contribution < -0.4 is 16.0 Å². The number of fused-ring (bicyclic) bond motifs is 1. The number of carbonyl (C=O) groups is 2. The van der Waals surface area contributed by atoms with E-state index in [1.165, 1.54) is 16.3 Å². The van der Waals surface area contributed by atoms with Crippen LogP contribution in [0.5, 0.6) is 5.75 Å². The summed E-state index contributed by atoms with van der Waals surface area (Å²) in [4.78, 5) is 24.5. The van der Waals surface area contributed by atoms with Gasteiger partial charge >= 0.3 is 0 Å². The normalized spacial score (nSPS) is 10.6. The third-order valence-corrected chi connectivity index (χ3v) is 4.05. The van der Waals surface area contributed by atoms with Gasteiger partial charge in [0.1, 0.15) is 5.75 Å². The van der Waals surface area contributed by atoms with Crippen LogP contribution in [0.1, 0.15) is 27.6 Å². The van der Waals surface area contributed by atoms with Gasteiger partial charge in [-0.25, -0.2) is 5.84 Å². The molecule has 6 nitrogen and oxygen atoms in total. The van der Waals surface area contributed by atoms with E-state index in [2.05, 4.69) is 12.3 Å². The Morgan fingerprint density at radius 2 is 1.84 bits per heavy atom. The maximum absolute atomic E-state index is 12.6. The minimum atomic E-state index is -0.446. The number of hydrazine groups is 1. The number of carbonyl (C=O) groups excluding carboxylic acids is 2. The van der Waals surface area contributed by atoms with Crippen molar-refractivity contribution in [1.29, 1.82) is 0 Å². The third kappa shape index (κ3) is 3.39. The molecule has 0 aliphatic rings. The Morgan fingerprint density at radius 1 is 1.12 bits per heavy atom. The fourth-order valence-electron chi connectivity index (χ4n) is 2.68. The summed E-state index contributed by atoms with van der Waals surface area (Å²) in [7, 11) is 0. The number of hydrogen-bond donors (Lipinski definition) is 2. The number of nitrogens with two attached hydrogens (primary N) is 1. The minimum Gasteiger partial charge on any atom is -0.484 e. The number of aryl methyl sites for hydroxylation is 1. The Balaban J connectivity index is 1.83. The molecule has 0 spiro atoms. The molecule has 0 atom stereocenters. The number of nitrogens with zero attached hydrogens (tertiary/aromatic N) is 1. The van der Waals surface area contributed by atoms with Crippen molar-refractivity contribution in [2.24, 2.45) is 5.84 Å². The minimum absolute atomic E-state index is 0.131. The van der Waals surface area contributed by atoms with Gasteiger partial charge in [0.15, 0.2) is 6.61 Å². The molecular formula is C19H19N3O3. The van der Waals surface area contributed by atoms with E-state index in [-0.39, 0.29) is 12.5 Å². The van der Waals surface area contributed by atoms with Crippen LogP contribution in [0.25, 0.3) is 10.9 Å². The predicted octanol–water partition coefficient (Wildman–Crippen LogP) is 2.53. The fraction of sp³-hybridized carbons (Fsp3) is 0.158. The van der Waals surface area contributed by atoms with E-state index >= 15 is 0 Å². The molecule has 3 N–H and O–H groups in total. The lowest BCUT2D eigenvalue weighted by Crippen LogP contribution is -2.29. The van der Waals surface area contributed by atoms with Crippen LogP contribution in [0.3, 0.4) is 0 Å². The summed E-state index contributed by atoms with van der Waals surface area (Å²) in [5, 5.41) is 0.658. The highest BCUT2D eigenvalue weighted by Crippen LogP contribution is 2.21. The van der Waals surface area contributed by atoms with Crippen LogP contribution in [0.4, 0.5) is 0 Å². The summed E-state index contributed by atoms with van der Waals surface area (Å²) >= 11 is 0. The number of nitrogen functional groups attached to an aromatic ring is 1. The standard InChI is InChI=1S/C19H19N3O3/c1-2-13-7-9-14(10-8-13)25-12-18(23)22-11-16(19(24)21-20)15-5-3-4-6-17(15)22/h3-11H,2,12,20H2,1H3,(H,21,24). The second kappa shape index (κ2) is 7.19. The Morgan fingerprint density at radius 3 is 2.52 bits per heavy atom. The molecule has 2 aromatic carbocycles. The van der Waals surface area contributed by atoms with E-state index in [1.807, 2.05) is 24.3 Å². The molecule has 0 fully saturated rings. The Hall–Kier alpha value is -3.12. The first-order chi connectivity index (χ1) is 12.1. The lowest BCUT2D eigenvalue weighted by atomic mass is 10.2. The highest BCUT2D eigenvalue weighted by atomic mass is 16.5. The van der Waals surface area contributed by atoms with Crippen molar-refractivity contribution in [3.8, 4) is 5.75 Å². The van der Waals surface area contributed by atoms with Gasteiger partial charge in [0, 0.05) is 11.6 Å². The van der Waals surface area contributed by atoms with Crippen LogP contribution >= 0.6 is 0 Å². The van der Waals surface area contributed by atoms with Gasteiger partial charge in [-0.3, -0.25) is 19.6 Å². The average Bonchev–Trinajstić information content (AvgIpc) is 3.05. The number of benzene rings is 2. The molecule has 128 valence electrons. The Kier molecular flexibility index (Phi) is 4.81. The lowest BCUT2D eigenvalue weighted by Gasteiger charge is -2.07. The highest BCUT2D eigenvalue weighted by molar-refractivity contribution is 6.09. The first-order valence-corrected chi connectivity index (χ1v) is 8.00. The smallest absolute Gasteiger partial charge is 0.269 e. The van der Waals surface area contributed by atoms with Crippen molar-refractivity contribution in [2.45, 2.75) is 13.3 Å². The number of rotatable bonds is 5. The molecule has 0 unspecified atom stereocenters. The van der Waals surface area contributed by atoms with Crippen molar-refractivity contribution < 1.29 is 14.3 Å². The quantitative estimate of drug-likeness (QED) is 0.425. The second-order valence-electron chi connectivity index (χ2n) is 5.58. The molecule has 1 heterocycles. The third-order valence-electron chi connectivity index (χ3n) is 4.05. The predicted molar refractivity (Wildman–Crippen MR) is 95.5 cm³/mol. The number of nitrogens with one attached hydrogen (secondary N) is 1. The van der Waals surface area contributed by atoms with Crippen molar-refractivity contribution >= 4 is 22.7 Å². The molecular weight excluding hydrogens is 318 g/mol. The molecule has 0 aliphatic heterocycles. The maximum atomic E-state index is 12.6. The molecule has 1 aromatic heterocycles. The van der Waals surface area contributed by atoms with Gasteiger partial charge in [-0.2, -0.15) is 0 Å². The van der Waals surface area contributed by atoms with Crippen molar-refractivity contribution in [1.82, 2.24) is 9.99 Å². The average molecular weight is 337 g/mol. The van der Waals surface area contributed by atoms with Gasteiger partial charge < -0.3 is 4.74 Å². The van der Waals surface area contributed by atoms with Crippen LogP contribution in [0.15, 0.2) is 54.7 Å². The SMILES string of the molecule is CCc1ccc(OCC(=O)n2cc(C(=O)NN)c3ccccc32)cc1. The number of ether oxygens (including phenoxy) is 1. The van der Waals surface area contributed by atoms with E-state index in [4.69, 9.17) is 10.6 Å². The van der Waals surface area contributed by atoms with E-state index < -0.39 is 5.91 Å². The first kappa shape index (κ1) is 16.7. The largest absolute Gasteiger partial charge is 0.484 e. The van der Waals surface area contributed by atoms with Gasteiger partial charge in [0.2, 0.25) is 0 Å². The number of para-hydroxylation sites is 1. The van der Waals surface area contributed by atoms with E-state index in [0.29, 0.717) is 22.2 Å². The second-order valence-corrected chi connectivity index (χ2v) is 5.58. The molecule has 25 heavy (non-hydrogen) atoms. The van der Waals surface area contributed by atoms with Gasteiger partial charge in [-0.1, -0.05) is 37.3 Å². The summed E-state index contributed by atoms with van der Waals surface area (Å²) in [6.07, 6.45) is 2.43. The summed E-state index contributed by atoms with van der Waals surface area (Å²) < 4.78 is 6.99. The number of hydrogen-bond acceptors (Lipinski definition) is 4. The molecule has 3 rings (SSSR count). The van der Waals surface area contributed by atoms with Crippen molar-refractivity contribution in [3.05, 3.63) is 65.9 Å². The van der Waals surface area contributed by atoms with Crippen LogP contribution in [-0.4, -0.2) is 23.0 Å². The van der Waals surface area contributed by atoms with Crippen LogP contribution in [-0.2, 0) is 6.42 Å². The summed E-state index contributed by atoms with van der Waals surface area (Å²) in [5.41, 5.74) is 4.28. The zero-order valence-corrected chi connectivity index (χ0v) is 13.9. The summed E-state index contributed by atoms with van der Waals surface area (Å²) in [6, 6.07) is 14.8. The monoisotopic (exact) mass is 337 g/mol. The Labute approximate surface area is 145 Å². The number of aromatic nitrogens is 1. The first-order valence-electron chi connectivity index (χ1n) is 8.00. The summed E-state index contributed by atoms with van der Waals surface area (Å²) in [5.74, 6) is 5.13. The molecule has 0 radical (unpaired) electrons. The van der Waals surface area contributed by atoms with E-state index in [9.17, 15) is 9.59 Å². The molecule has 0 saturated heterocycles.